The molecule has 0 amide bonds. The van der Waals surface area contributed by atoms with Crippen LogP contribution in [0.15, 0.2) is 12.1 Å². The molecule has 1 N–H and O–H groups in total. The first-order valence-corrected chi connectivity index (χ1v) is 7.56. The highest BCUT2D eigenvalue weighted by Crippen LogP contribution is 2.38. The van der Waals surface area contributed by atoms with Crippen molar-refractivity contribution in [2.75, 3.05) is 6.61 Å². The van der Waals surface area contributed by atoms with Crippen LogP contribution in [0.1, 0.15) is 46.9 Å². The lowest BCUT2D eigenvalue weighted by Gasteiger charge is -2.25. The number of nitrogens with one attached hydrogen (secondary N) is 1. The third-order valence-electron chi connectivity index (χ3n) is 2.86. The quantitative estimate of drug-likeness (QED) is 0.837. The first kappa shape index (κ1) is 16.3. The Labute approximate surface area is 121 Å². The van der Waals surface area contributed by atoms with Crippen LogP contribution < -0.4 is 9.47 Å². The van der Waals surface area contributed by atoms with Crippen LogP contribution in [0.3, 0.4) is 0 Å². The average Bonchev–Trinajstić information content (AvgIpc) is 2.91. The molecule has 0 saturated heterocycles. The second-order valence-electron chi connectivity index (χ2n) is 4.07. The third kappa shape index (κ3) is 3.24. The molecule has 0 spiro atoms. The van der Waals surface area contributed by atoms with E-state index in [4.69, 9.17) is 9.47 Å². The average molecular weight is 278 g/mol. The van der Waals surface area contributed by atoms with Crippen molar-refractivity contribution in [1.82, 2.24) is 9.97 Å². The normalized spacial score (nSPS) is 15.8. The zero-order valence-corrected chi connectivity index (χ0v) is 13.4. The highest BCUT2D eigenvalue weighted by molar-refractivity contribution is 5.85. The molecule has 0 radical (unpaired) electrons. The van der Waals surface area contributed by atoms with Gasteiger partial charge in [0.25, 0.3) is 0 Å². The minimum absolute atomic E-state index is 0.134. The number of benzene rings is 1. The predicted molar refractivity (Wildman–Crippen MR) is 83.7 cm³/mol. The van der Waals surface area contributed by atoms with Crippen LogP contribution in [-0.4, -0.2) is 22.7 Å². The van der Waals surface area contributed by atoms with Gasteiger partial charge in [0.2, 0.25) is 0 Å². The van der Waals surface area contributed by atoms with Crippen molar-refractivity contribution in [3.8, 4) is 11.5 Å². The Morgan fingerprint density at radius 3 is 2.60 bits per heavy atom. The summed E-state index contributed by atoms with van der Waals surface area (Å²) in [4.78, 5) is 7.63. The molecule has 1 aliphatic heterocycles. The van der Waals surface area contributed by atoms with Gasteiger partial charge in [-0.05, 0) is 25.5 Å². The number of hydrogen-bond donors (Lipinski definition) is 1. The fourth-order valence-electron chi connectivity index (χ4n) is 1.97. The number of imidazole rings is 1. The summed E-state index contributed by atoms with van der Waals surface area (Å²) < 4.78 is 11.6. The molecule has 20 heavy (non-hydrogen) atoms. The summed E-state index contributed by atoms with van der Waals surface area (Å²) in [5.74, 6) is 2.47. The van der Waals surface area contributed by atoms with Crippen LogP contribution in [0.4, 0.5) is 0 Å². The van der Waals surface area contributed by atoms with Crippen molar-refractivity contribution in [1.29, 1.82) is 0 Å². The number of aromatic amines is 1. The summed E-state index contributed by atoms with van der Waals surface area (Å²) in [6.45, 7) is 12.7. The SMILES string of the molecule is CC.CC.CCC1COc2ccc3[nH]c(C)nc3c2O1. The van der Waals surface area contributed by atoms with Gasteiger partial charge in [-0.25, -0.2) is 4.98 Å². The maximum absolute atomic E-state index is 5.90. The first-order chi connectivity index (χ1) is 9.78. The maximum atomic E-state index is 5.90. The smallest absolute Gasteiger partial charge is 0.189 e. The summed E-state index contributed by atoms with van der Waals surface area (Å²) in [5, 5.41) is 0. The maximum Gasteiger partial charge on any atom is 0.189 e. The van der Waals surface area contributed by atoms with Crippen LogP contribution in [0.5, 0.6) is 11.5 Å². The Morgan fingerprint density at radius 2 is 1.95 bits per heavy atom. The second-order valence-corrected chi connectivity index (χ2v) is 4.07. The summed E-state index contributed by atoms with van der Waals surface area (Å²) in [6, 6.07) is 3.91. The molecule has 112 valence electrons. The molecule has 2 aromatic rings. The van der Waals surface area contributed by atoms with Crippen LogP contribution in [0.2, 0.25) is 0 Å². The summed E-state index contributed by atoms with van der Waals surface area (Å²) in [5.41, 5.74) is 1.87. The van der Waals surface area contributed by atoms with E-state index < -0.39 is 0 Å². The van der Waals surface area contributed by atoms with E-state index in [1.807, 2.05) is 46.8 Å². The van der Waals surface area contributed by atoms with E-state index in [0.717, 1.165) is 34.8 Å². The largest absolute Gasteiger partial charge is 0.486 e. The standard InChI is InChI=1S/C12H14N2O2.2C2H6/c1-3-8-6-15-10-5-4-9-11(12(10)16-8)14-7(2)13-9;2*1-2/h4-5,8H,3,6H2,1-2H3,(H,13,14);2*1-2H3. The number of aryl methyl sites for hydroxylation is 1. The second kappa shape index (κ2) is 7.78. The summed E-state index contributed by atoms with van der Waals surface area (Å²) in [7, 11) is 0. The van der Waals surface area contributed by atoms with E-state index in [1.54, 1.807) is 0 Å². The highest BCUT2D eigenvalue weighted by atomic mass is 16.6. The lowest BCUT2D eigenvalue weighted by molar-refractivity contribution is 0.0902. The topological polar surface area (TPSA) is 47.1 Å². The van der Waals surface area contributed by atoms with Crippen LogP contribution in [0.25, 0.3) is 11.0 Å². The Kier molecular flexibility index (Phi) is 6.36. The van der Waals surface area contributed by atoms with Crippen molar-refractivity contribution in [2.45, 2.75) is 54.1 Å². The molecular formula is C16H26N2O2. The van der Waals surface area contributed by atoms with Gasteiger partial charge < -0.3 is 14.5 Å². The number of rotatable bonds is 1. The molecule has 2 heterocycles. The van der Waals surface area contributed by atoms with Gasteiger partial charge in [-0.3, -0.25) is 0 Å². The zero-order chi connectivity index (χ0) is 15.1. The highest BCUT2D eigenvalue weighted by Gasteiger charge is 2.23. The molecule has 3 rings (SSSR count). The molecule has 4 nitrogen and oxygen atoms in total. The first-order valence-electron chi connectivity index (χ1n) is 7.56. The molecule has 0 fully saturated rings. The van der Waals surface area contributed by atoms with Gasteiger partial charge in [-0.15, -0.1) is 0 Å². The van der Waals surface area contributed by atoms with Gasteiger partial charge in [0.1, 0.15) is 24.1 Å². The van der Waals surface area contributed by atoms with Crippen molar-refractivity contribution >= 4 is 11.0 Å². The van der Waals surface area contributed by atoms with Crippen molar-refractivity contribution in [2.24, 2.45) is 0 Å². The van der Waals surface area contributed by atoms with Crippen LogP contribution >= 0.6 is 0 Å². The Morgan fingerprint density at radius 1 is 1.25 bits per heavy atom. The van der Waals surface area contributed by atoms with E-state index in [9.17, 15) is 0 Å². The van der Waals surface area contributed by atoms with Gasteiger partial charge in [-0.2, -0.15) is 0 Å². The molecule has 0 aliphatic carbocycles. The van der Waals surface area contributed by atoms with E-state index in [1.165, 1.54) is 0 Å². The van der Waals surface area contributed by atoms with Gasteiger partial charge in [0.05, 0.1) is 5.52 Å². The monoisotopic (exact) mass is 278 g/mol. The summed E-state index contributed by atoms with van der Waals surface area (Å²) >= 11 is 0. The van der Waals surface area contributed by atoms with Crippen molar-refractivity contribution in [3.05, 3.63) is 18.0 Å². The minimum Gasteiger partial charge on any atom is -0.486 e. The van der Waals surface area contributed by atoms with Gasteiger partial charge in [0, 0.05) is 0 Å². The van der Waals surface area contributed by atoms with Crippen LogP contribution in [0, 0.1) is 6.92 Å². The lowest BCUT2D eigenvalue weighted by atomic mass is 10.2. The van der Waals surface area contributed by atoms with E-state index >= 15 is 0 Å². The molecule has 1 atom stereocenters. The third-order valence-corrected chi connectivity index (χ3v) is 2.86. The van der Waals surface area contributed by atoms with Crippen molar-refractivity contribution in [3.63, 3.8) is 0 Å². The van der Waals surface area contributed by atoms with E-state index in [0.29, 0.717) is 6.61 Å². The van der Waals surface area contributed by atoms with Gasteiger partial charge in [0.15, 0.2) is 11.5 Å². The van der Waals surface area contributed by atoms with Crippen molar-refractivity contribution < 1.29 is 9.47 Å². The number of H-pyrrole nitrogens is 1. The number of aromatic nitrogens is 2. The van der Waals surface area contributed by atoms with Crippen LogP contribution in [-0.2, 0) is 0 Å². The van der Waals surface area contributed by atoms with Gasteiger partial charge >= 0.3 is 0 Å². The Hall–Kier alpha value is -1.71. The molecule has 1 aliphatic rings. The molecule has 0 bridgehead atoms. The number of fused-ring (bicyclic) bond motifs is 3. The molecule has 1 aromatic heterocycles. The van der Waals surface area contributed by atoms with Gasteiger partial charge in [-0.1, -0.05) is 34.6 Å². The molecule has 1 aromatic carbocycles. The molecule has 4 heteroatoms. The number of nitrogens with zero attached hydrogens (tertiary/aromatic N) is 1. The lowest BCUT2D eigenvalue weighted by Crippen LogP contribution is -2.28. The Balaban J connectivity index is 0.000000461. The van der Waals surface area contributed by atoms with E-state index in [2.05, 4.69) is 16.9 Å². The molecule has 1 unspecified atom stereocenters. The minimum atomic E-state index is 0.134. The fraction of sp³-hybridized carbons (Fsp3) is 0.562. The Bertz CT molecular complexity index is 535. The number of hydrogen-bond acceptors (Lipinski definition) is 3. The summed E-state index contributed by atoms with van der Waals surface area (Å²) in [6.07, 6.45) is 1.08. The zero-order valence-electron chi connectivity index (χ0n) is 13.4. The predicted octanol–water partition coefficient (Wildman–Crippen LogP) is 4.47. The fourth-order valence-corrected chi connectivity index (χ4v) is 1.97. The molecular weight excluding hydrogens is 252 g/mol. The molecule has 0 saturated carbocycles. The number of ether oxygens (including phenoxy) is 2. The van der Waals surface area contributed by atoms with E-state index in [-0.39, 0.29) is 6.10 Å².